The zero-order valence-electron chi connectivity index (χ0n) is 12.6. The van der Waals surface area contributed by atoms with Crippen molar-refractivity contribution >= 4 is 27.5 Å². The molecule has 0 spiro atoms. The molecule has 116 valence electrons. The average Bonchev–Trinajstić information content (AvgIpc) is 2.48. The van der Waals surface area contributed by atoms with Gasteiger partial charge in [0.25, 0.3) is 0 Å². The van der Waals surface area contributed by atoms with Gasteiger partial charge in [0.05, 0.1) is 0 Å². The summed E-state index contributed by atoms with van der Waals surface area (Å²) in [6, 6.07) is 5.79. The molecule has 6 heteroatoms. The van der Waals surface area contributed by atoms with Gasteiger partial charge in [0.15, 0.2) is 5.84 Å². The highest BCUT2D eigenvalue weighted by molar-refractivity contribution is 9.10. The molecular weight excluding hydrogens is 332 g/mol. The van der Waals surface area contributed by atoms with Crippen LogP contribution in [0.3, 0.4) is 0 Å². The maximum atomic E-state index is 8.94. The molecule has 1 heterocycles. The number of hydrogen-bond acceptors (Lipinski definition) is 4. The molecule has 0 saturated carbocycles. The van der Waals surface area contributed by atoms with Gasteiger partial charge in [-0.3, -0.25) is 0 Å². The first-order valence-corrected chi connectivity index (χ1v) is 7.97. The van der Waals surface area contributed by atoms with Gasteiger partial charge in [-0.1, -0.05) is 21.1 Å². The first-order chi connectivity index (χ1) is 10.0. The van der Waals surface area contributed by atoms with Crippen molar-refractivity contribution in [2.24, 2.45) is 16.8 Å². The Morgan fingerprint density at radius 2 is 2.14 bits per heavy atom. The van der Waals surface area contributed by atoms with Crippen LogP contribution >= 0.6 is 15.9 Å². The Bertz CT molecular complexity index is 512. The summed E-state index contributed by atoms with van der Waals surface area (Å²) < 4.78 is 0.988. The molecule has 0 aromatic heterocycles. The monoisotopic (exact) mass is 354 g/mol. The number of amidine groups is 1. The number of halogens is 1. The van der Waals surface area contributed by atoms with Crippen molar-refractivity contribution in [1.82, 2.24) is 4.90 Å². The normalized spacial score (nSPS) is 18.0. The summed E-state index contributed by atoms with van der Waals surface area (Å²) >= 11 is 3.49. The number of oxime groups is 1. The van der Waals surface area contributed by atoms with Crippen molar-refractivity contribution in [3.8, 4) is 0 Å². The van der Waals surface area contributed by atoms with Crippen LogP contribution in [0, 0.1) is 5.92 Å². The van der Waals surface area contributed by atoms with Crippen molar-refractivity contribution in [1.29, 1.82) is 0 Å². The molecule has 0 unspecified atom stereocenters. The summed E-state index contributed by atoms with van der Waals surface area (Å²) in [6.07, 6.45) is 2.43. The predicted molar refractivity (Wildman–Crippen MR) is 90.1 cm³/mol. The van der Waals surface area contributed by atoms with Gasteiger partial charge in [0, 0.05) is 29.3 Å². The molecule has 1 aliphatic rings. The zero-order chi connectivity index (χ0) is 15.4. The van der Waals surface area contributed by atoms with E-state index in [2.05, 4.69) is 45.0 Å². The lowest BCUT2D eigenvalue weighted by Crippen LogP contribution is -2.36. The molecular formula is C15H23BrN4O. The van der Waals surface area contributed by atoms with E-state index in [4.69, 9.17) is 10.9 Å². The van der Waals surface area contributed by atoms with E-state index in [0.29, 0.717) is 5.92 Å². The zero-order valence-corrected chi connectivity index (χ0v) is 14.2. The fourth-order valence-electron chi connectivity index (χ4n) is 2.82. The van der Waals surface area contributed by atoms with E-state index < -0.39 is 0 Å². The summed E-state index contributed by atoms with van der Waals surface area (Å²) in [5.41, 5.74) is 7.53. The van der Waals surface area contributed by atoms with Gasteiger partial charge >= 0.3 is 0 Å². The number of hydrogen-bond donors (Lipinski definition) is 2. The van der Waals surface area contributed by atoms with Gasteiger partial charge in [-0.2, -0.15) is 0 Å². The lowest BCUT2D eigenvalue weighted by atomic mass is 9.96. The first-order valence-electron chi connectivity index (χ1n) is 7.18. The summed E-state index contributed by atoms with van der Waals surface area (Å²) in [7, 11) is 4.24. The molecule has 5 nitrogen and oxygen atoms in total. The second-order valence-electron chi connectivity index (χ2n) is 5.77. The molecule has 1 aromatic rings. The SMILES string of the molecule is CN1CCC(CN(C)c2cc(Br)ccc2/C(N)=N/O)CC1. The third-order valence-corrected chi connectivity index (χ3v) is 4.62. The molecule has 1 aliphatic heterocycles. The average molecular weight is 355 g/mol. The van der Waals surface area contributed by atoms with Crippen LogP contribution in [0.2, 0.25) is 0 Å². The Morgan fingerprint density at radius 3 is 2.76 bits per heavy atom. The quantitative estimate of drug-likeness (QED) is 0.377. The maximum Gasteiger partial charge on any atom is 0.172 e. The number of piperidine rings is 1. The lowest BCUT2D eigenvalue weighted by Gasteiger charge is -2.33. The second kappa shape index (κ2) is 7.13. The highest BCUT2D eigenvalue weighted by Gasteiger charge is 2.20. The summed E-state index contributed by atoms with van der Waals surface area (Å²) in [4.78, 5) is 4.57. The number of benzene rings is 1. The van der Waals surface area contributed by atoms with Gasteiger partial charge in [-0.05, 0) is 57.1 Å². The molecule has 1 fully saturated rings. The smallest absolute Gasteiger partial charge is 0.172 e. The summed E-state index contributed by atoms with van der Waals surface area (Å²) in [6.45, 7) is 3.30. The van der Waals surface area contributed by atoms with Crippen molar-refractivity contribution in [3.63, 3.8) is 0 Å². The standard InChI is InChI=1S/C15H23BrN4O/c1-19-7-5-11(6-8-19)10-20(2)14-9-12(16)3-4-13(14)15(17)18-21/h3-4,9,11,21H,5-8,10H2,1-2H3,(H2,17,18). The second-order valence-corrected chi connectivity index (χ2v) is 6.69. The summed E-state index contributed by atoms with van der Waals surface area (Å²) in [5, 5.41) is 12.1. The molecule has 2 rings (SSSR count). The van der Waals surface area contributed by atoms with Crippen molar-refractivity contribution in [2.75, 3.05) is 38.6 Å². The van der Waals surface area contributed by atoms with Crippen LogP contribution in [0.5, 0.6) is 0 Å². The fourth-order valence-corrected chi connectivity index (χ4v) is 3.17. The lowest BCUT2D eigenvalue weighted by molar-refractivity contribution is 0.222. The Balaban J connectivity index is 2.14. The first kappa shape index (κ1) is 16.1. The molecule has 0 bridgehead atoms. The van der Waals surface area contributed by atoms with Gasteiger partial charge in [0.2, 0.25) is 0 Å². The van der Waals surface area contributed by atoms with E-state index in [1.54, 1.807) is 0 Å². The third-order valence-electron chi connectivity index (χ3n) is 4.12. The van der Waals surface area contributed by atoms with Gasteiger partial charge in [0.1, 0.15) is 0 Å². The molecule has 3 N–H and O–H groups in total. The molecule has 0 atom stereocenters. The van der Waals surface area contributed by atoms with E-state index in [-0.39, 0.29) is 5.84 Å². The van der Waals surface area contributed by atoms with Crippen LogP contribution in [-0.2, 0) is 0 Å². The minimum Gasteiger partial charge on any atom is -0.409 e. The topological polar surface area (TPSA) is 65.1 Å². The van der Waals surface area contributed by atoms with Gasteiger partial charge < -0.3 is 20.7 Å². The fraction of sp³-hybridized carbons (Fsp3) is 0.533. The Morgan fingerprint density at radius 1 is 1.48 bits per heavy atom. The van der Waals surface area contributed by atoms with Gasteiger partial charge in [-0.25, -0.2) is 0 Å². The Hall–Kier alpha value is -1.27. The van der Waals surface area contributed by atoms with Crippen LogP contribution in [0.25, 0.3) is 0 Å². The number of nitrogens with two attached hydrogens (primary N) is 1. The molecule has 1 aromatic carbocycles. The van der Waals surface area contributed by atoms with E-state index in [9.17, 15) is 0 Å². The van der Waals surface area contributed by atoms with E-state index in [0.717, 1.165) is 35.4 Å². The van der Waals surface area contributed by atoms with Crippen molar-refractivity contribution in [3.05, 3.63) is 28.2 Å². The molecule has 21 heavy (non-hydrogen) atoms. The van der Waals surface area contributed by atoms with Crippen LogP contribution in [0.4, 0.5) is 5.69 Å². The predicted octanol–water partition coefficient (Wildman–Crippen LogP) is 2.32. The Kier molecular flexibility index (Phi) is 5.47. The third kappa shape index (κ3) is 4.11. The van der Waals surface area contributed by atoms with E-state index >= 15 is 0 Å². The highest BCUT2D eigenvalue weighted by Crippen LogP contribution is 2.27. The number of nitrogens with zero attached hydrogens (tertiary/aromatic N) is 3. The maximum absolute atomic E-state index is 8.94. The number of anilines is 1. The van der Waals surface area contributed by atoms with Crippen molar-refractivity contribution in [2.45, 2.75) is 12.8 Å². The minimum absolute atomic E-state index is 0.146. The van der Waals surface area contributed by atoms with Crippen molar-refractivity contribution < 1.29 is 5.21 Å². The van der Waals surface area contributed by atoms with E-state index in [1.807, 2.05) is 18.2 Å². The minimum atomic E-state index is 0.146. The van der Waals surface area contributed by atoms with E-state index in [1.165, 1.54) is 12.8 Å². The largest absolute Gasteiger partial charge is 0.409 e. The Labute approximate surface area is 134 Å². The van der Waals surface area contributed by atoms with Crippen LogP contribution in [0.1, 0.15) is 18.4 Å². The molecule has 0 aliphatic carbocycles. The molecule has 0 amide bonds. The number of rotatable bonds is 4. The number of likely N-dealkylation sites (tertiary alicyclic amines) is 1. The summed E-state index contributed by atoms with van der Waals surface area (Å²) in [5.74, 6) is 0.832. The highest BCUT2D eigenvalue weighted by atomic mass is 79.9. The van der Waals surface area contributed by atoms with Gasteiger partial charge in [-0.15, -0.1) is 0 Å². The molecule has 0 radical (unpaired) electrons. The molecule has 1 saturated heterocycles. The van der Waals surface area contributed by atoms with Crippen LogP contribution in [0.15, 0.2) is 27.8 Å². The van der Waals surface area contributed by atoms with Crippen LogP contribution < -0.4 is 10.6 Å². The van der Waals surface area contributed by atoms with Crippen LogP contribution in [-0.4, -0.2) is 49.7 Å².